The van der Waals surface area contributed by atoms with Gasteiger partial charge in [-0.1, -0.05) is 12.1 Å². The molecule has 1 atom stereocenters. The summed E-state index contributed by atoms with van der Waals surface area (Å²) in [5.74, 6) is 0.885. The van der Waals surface area contributed by atoms with Crippen LogP contribution in [0.1, 0.15) is 6.92 Å². The number of benzene rings is 1. The van der Waals surface area contributed by atoms with E-state index in [9.17, 15) is 0 Å². The fourth-order valence-electron chi connectivity index (χ4n) is 1.48. The van der Waals surface area contributed by atoms with Crippen molar-refractivity contribution >= 4 is 5.69 Å². The van der Waals surface area contributed by atoms with E-state index in [0.29, 0.717) is 0 Å². The predicted octanol–water partition coefficient (Wildman–Crippen LogP) is 1.48. The van der Waals surface area contributed by atoms with E-state index in [-0.39, 0.29) is 6.04 Å². The Bertz CT molecular complexity index is 286. The molecule has 0 fully saturated rings. The first kappa shape index (κ1) is 10.9. The van der Waals surface area contributed by atoms with Crippen LogP contribution in [-0.4, -0.2) is 26.7 Å². The van der Waals surface area contributed by atoms with E-state index in [0.717, 1.165) is 18.0 Å². The molecule has 0 heterocycles. The van der Waals surface area contributed by atoms with Gasteiger partial charge in [0.2, 0.25) is 0 Å². The summed E-state index contributed by atoms with van der Waals surface area (Å²) in [5.41, 5.74) is 6.82. The van der Waals surface area contributed by atoms with Crippen LogP contribution in [0.5, 0.6) is 5.75 Å². The summed E-state index contributed by atoms with van der Waals surface area (Å²) < 4.78 is 5.27. The Balaban J connectivity index is 2.82. The molecule has 1 aromatic carbocycles. The first-order valence-corrected chi connectivity index (χ1v) is 4.75. The van der Waals surface area contributed by atoms with Crippen molar-refractivity contribution in [2.24, 2.45) is 5.73 Å². The van der Waals surface area contributed by atoms with E-state index >= 15 is 0 Å². The Labute approximate surface area is 85.5 Å². The number of anilines is 1. The van der Waals surface area contributed by atoms with Gasteiger partial charge in [0, 0.05) is 19.6 Å². The van der Waals surface area contributed by atoms with Crippen molar-refractivity contribution in [2.75, 3.05) is 25.6 Å². The van der Waals surface area contributed by atoms with Crippen LogP contribution in [0.2, 0.25) is 0 Å². The number of para-hydroxylation sites is 2. The van der Waals surface area contributed by atoms with Gasteiger partial charge >= 0.3 is 0 Å². The smallest absolute Gasteiger partial charge is 0.142 e. The zero-order valence-corrected chi connectivity index (χ0v) is 9.03. The summed E-state index contributed by atoms with van der Waals surface area (Å²) in [7, 11) is 3.69. The molecule has 3 heteroatoms. The average molecular weight is 194 g/mol. The highest BCUT2D eigenvalue weighted by Gasteiger charge is 2.07. The molecule has 0 aliphatic carbocycles. The molecule has 14 heavy (non-hydrogen) atoms. The molecule has 78 valence electrons. The van der Waals surface area contributed by atoms with Gasteiger partial charge in [-0.2, -0.15) is 0 Å². The van der Waals surface area contributed by atoms with Gasteiger partial charge in [0.05, 0.1) is 12.8 Å². The molecule has 0 spiro atoms. The van der Waals surface area contributed by atoms with E-state index in [1.54, 1.807) is 7.11 Å². The molecule has 0 amide bonds. The van der Waals surface area contributed by atoms with Gasteiger partial charge in [-0.15, -0.1) is 0 Å². The molecule has 1 rings (SSSR count). The molecule has 0 saturated carbocycles. The summed E-state index contributed by atoms with van der Waals surface area (Å²) in [6.45, 7) is 2.81. The molecular formula is C11H18N2O. The molecular weight excluding hydrogens is 176 g/mol. The minimum absolute atomic E-state index is 0.157. The first-order chi connectivity index (χ1) is 6.65. The lowest BCUT2D eigenvalue weighted by atomic mass is 10.2. The lowest BCUT2D eigenvalue weighted by Gasteiger charge is -2.23. The van der Waals surface area contributed by atoms with Crippen molar-refractivity contribution in [3.63, 3.8) is 0 Å². The standard InChI is InChI=1S/C11H18N2O/c1-9(12)8-13(2)10-6-4-5-7-11(10)14-3/h4-7,9H,8,12H2,1-3H3. The highest BCUT2D eigenvalue weighted by atomic mass is 16.5. The minimum Gasteiger partial charge on any atom is -0.495 e. The molecule has 0 aliphatic heterocycles. The van der Waals surface area contributed by atoms with Crippen molar-refractivity contribution < 1.29 is 4.74 Å². The second-order valence-electron chi connectivity index (χ2n) is 3.53. The Morgan fingerprint density at radius 1 is 1.43 bits per heavy atom. The number of ether oxygens (including phenoxy) is 1. The maximum atomic E-state index is 5.74. The van der Waals surface area contributed by atoms with Gasteiger partial charge in [0.1, 0.15) is 5.75 Å². The molecule has 3 nitrogen and oxygen atoms in total. The quantitative estimate of drug-likeness (QED) is 0.789. The molecule has 0 saturated heterocycles. The van der Waals surface area contributed by atoms with E-state index in [2.05, 4.69) is 4.90 Å². The molecule has 1 unspecified atom stereocenters. The Morgan fingerprint density at radius 2 is 2.07 bits per heavy atom. The Hall–Kier alpha value is -1.22. The monoisotopic (exact) mass is 194 g/mol. The number of nitrogens with two attached hydrogens (primary N) is 1. The molecule has 1 aromatic rings. The van der Waals surface area contributed by atoms with Crippen molar-refractivity contribution in [3.05, 3.63) is 24.3 Å². The maximum absolute atomic E-state index is 5.74. The van der Waals surface area contributed by atoms with Gasteiger partial charge in [0.15, 0.2) is 0 Å². The fraction of sp³-hybridized carbons (Fsp3) is 0.455. The van der Waals surface area contributed by atoms with Gasteiger partial charge in [0.25, 0.3) is 0 Å². The summed E-state index contributed by atoms with van der Waals surface area (Å²) in [6, 6.07) is 8.09. The Morgan fingerprint density at radius 3 is 2.64 bits per heavy atom. The third-order valence-corrected chi connectivity index (χ3v) is 2.06. The largest absolute Gasteiger partial charge is 0.495 e. The van der Waals surface area contributed by atoms with E-state index in [4.69, 9.17) is 10.5 Å². The van der Waals surface area contributed by atoms with E-state index < -0.39 is 0 Å². The number of methoxy groups -OCH3 is 1. The zero-order valence-electron chi connectivity index (χ0n) is 9.03. The Kier molecular flexibility index (Phi) is 3.77. The molecule has 0 aliphatic rings. The van der Waals surface area contributed by atoms with Crippen molar-refractivity contribution in [1.82, 2.24) is 0 Å². The van der Waals surface area contributed by atoms with Crippen LogP contribution in [0.4, 0.5) is 5.69 Å². The number of hydrogen-bond acceptors (Lipinski definition) is 3. The highest BCUT2D eigenvalue weighted by molar-refractivity contribution is 5.57. The zero-order chi connectivity index (χ0) is 10.6. The van der Waals surface area contributed by atoms with Crippen molar-refractivity contribution in [3.8, 4) is 5.75 Å². The number of nitrogens with zero attached hydrogens (tertiary/aromatic N) is 1. The fourth-order valence-corrected chi connectivity index (χ4v) is 1.48. The third-order valence-electron chi connectivity index (χ3n) is 2.06. The van der Waals surface area contributed by atoms with E-state index in [1.807, 2.05) is 38.2 Å². The molecule has 0 radical (unpaired) electrons. The first-order valence-electron chi connectivity index (χ1n) is 4.75. The topological polar surface area (TPSA) is 38.5 Å². The summed E-state index contributed by atoms with van der Waals surface area (Å²) >= 11 is 0. The number of rotatable bonds is 4. The minimum atomic E-state index is 0.157. The lowest BCUT2D eigenvalue weighted by Crippen LogP contribution is -2.32. The normalized spacial score (nSPS) is 12.3. The van der Waals surface area contributed by atoms with Gasteiger partial charge in [-0.3, -0.25) is 0 Å². The van der Waals surface area contributed by atoms with Crippen LogP contribution < -0.4 is 15.4 Å². The van der Waals surface area contributed by atoms with E-state index in [1.165, 1.54) is 0 Å². The second-order valence-corrected chi connectivity index (χ2v) is 3.53. The highest BCUT2D eigenvalue weighted by Crippen LogP contribution is 2.26. The van der Waals surface area contributed by atoms with Crippen LogP contribution >= 0.6 is 0 Å². The van der Waals surface area contributed by atoms with Crippen molar-refractivity contribution in [1.29, 1.82) is 0 Å². The van der Waals surface area contributed by atoms with Gasteiger partial charge in [-0.25, -0.2) is 0 Å². The molecule has 2 N–H and O–H groups in total. The lowest BCUT2D eigenvalue weighted by molar-refractivity contribution is 0.414. The summed E-state index contributed by atoms with van der Waals surface area (Å²) in [6.07, 6.45) is 0. The predicted molar refractivity (Wildman–Crippen MR) is 59.9 cm³/mol. The average Bonchev–Trinajstić information content (AvgIpc) is 2.16. The summed E-state index contributed by atoms with van der Waals surface area (Å²) in [5, 5.41) is 0. The molecule has 0 bridgehead atoms. The molecule has 0 aromatic heterocycles. The van der Waals surface area contributed by atoms with Crippen LogP contribution in [0.15, 0.2) is 24.3 Å². The van der Waals surface area contributed by atoms with Crippen LogP contribution in [-0.2, 0) is 0 Å². The summed E-state index contributed by atoms with van der Waals surface area (Å²) in [4.78, 5) is 2.10. The van der Waals surface area contributed by atoms with Gasteiger partial charge in [-0.05, 0) is 19.1 Å². The third kappa shape index (κ3) is 2.64. The van der Waals surface area contributed by atoms with Crippen LogP contribution in [0.25, 0.3) is 0 Å². The SMILES string of the molecule is COc1ccccc1N(C)CC(C)N. The van der Waals surface area contributed by atoms with Crippen LogP contribution in [0, 0.1) is 0 Å². The number of hydrogen-bond donors (Lipinski definition) is 1. The van der Waals surface area contributed by atoms with Crippen LogP contribution in [0.3, 0.4) is 0 Å². The second kappa shape index (κ2) is 4.86. The van der Waals surface area contributed by atoms with Crippen molar-refractivity contribution in [2.45, 2.75) is 13.0 Å². The number of likely N-dealkylation sites (N-methyl/N-ethyl adjacent to an activating group) is 1. The van der Waals surface area contributed by atoms with Gasteiger partial charge < -0.3 is 15.4 Å². The maximum Gasteiger partial charge on any atom is 0.142 e.